The molecule has 0 fully saturated rings. The summed E-state index contributed by atoms with van der Waals surface area (Å²) in [5.74, 6) is -1.32. The number of rotatable bonds is 16. The maximum Gasteiger partial charge on any atom is 0.233 e. The molecule has 7 aromatic carbocycles. The van der Waals surface area contributed by atoms with Gasteiger partial charge in [0.25, 0.3) is 0 Å². The van der Waals surface area contributed by atoms with Gasteiger partial charge in [0.05, 0.1) is 0 Å². The van der Waals surface area contributed by atoms with Gasteiger partial charge in [0.15, 0.2) is 0 Å². The lowest BCUT2D eigenvalue weighted by Gasteiger charge is -2.56. The third kappa shape index (κ3) is 8.12. The van der Waals surface area contributed by atoms with Gasteiger partial charge in [-0.05, 0) is 84.9 Å². The second-order valence-corrected chi connectivity index (χ2v) is 12.3. The standard InChI is InChI=1S/C45H42N7/c1-8-22-36(23-9-1)46-43(47-37-24-10-2-11-25-37)44(48-38-26-12-3-13-27-38,49-39-28-14-4-15-29-39)45(50-40-30-16-5-17-31-40,51-41-32-18-6-19-33-41)52-42-34-20-7-21-35-42/h1-35,46-52H. The summed E-state index contributed by atoms with van der Waals surface area (Å²) in [6, 6.07) is 71.5. The quantitative estimate of drug-likeness (QED) is 0.0512. The van der Waals surface area contributed by atoms with E-state index in [9.17, 15) is 0 Å². The summed E-state index contributed by atoms with van der Waals surface area (Å²) in [6.07, 6.45) is 0.688. The highest BCUT2D eigenvalue weighted by atomic mass is 15.5. The Bertz CT molecular complexity index is 1870. The van der Waals surface area contributed by atoms with Crippen LogP contribution in [-0.2, 0) is 0 Å². The summed E-state index contributed by atoms with van der Waals surface area (Å²) < 4.78 is 0. The summed E-state index contributed by atoms with van der Waals surface area (Å²) in [7, 11) is 0. The fourth-order valence-electron chi connectivity index (χ4n) is 6.15. The zero-order valence-corrected chi connectivity index (χ0v) is 28.7. The van der Waals surface area contributed by atoms with Crippen molar-refractivity contribution < 1.29 is 0 Å². The molecule has 0 heterocycles. The monoisotopic (exact) mass is 680 g/mol. The van der Waals surface area contributed by atoms with Crippen molar-refractivity contribution in [3.8, 4) is 0 Å². The van der Waals surface area contributed by atoms with E-state index < -0.39 is 11.4 Å². The molecular weight excluding hydrogens is 639 g/mol. The predicted octanol–water partition coefficient (Wildman–Crippen LogP) is 10.6. The number of para-hydroxylation sites is 7. The first-order valence-electron chi connectivity index (χ1n) is 17.4. The van der Waals surface area contributed by atoms with Crippen LogP contribution in [0.4, 0.5) is 39.8 Å². The van der Waals surface area contributed by atoms with Gasteiger partial charge in [-0.1, -0.05) is 127 Å². The van der Waals surface area contributed by atoms with Gasteiger partial charge in [0.2, 0.25) is 17.6 Å². The molecule has 0 aliphatic heterocycles. The average Bonchev–Trinajstić information content (AvgIpc) is 3.20. The van der Waals surface area contributed by atoms with Crippen LogP contribution in [0.3, 0.4) is 0 Å². The minimum Gasteiger partial charge on any atom is -0.355 e. The van der Waals surface area contributed by atoms with E-state index >= 15 is 0 Å². The van der Waals surface area contributed by atoms with Crippen LogP contribution in [0.25, 0.3) is 0 Å². The Hall–Kier alpha value is -6.86. The first kappa shape index (κ1) is 33.6. The summed E-state index contributed by atoms with van der Waals surface area (Å²) >= 11 is 0. The van der Waals surface area contributed by atoms with Crippen LogP contribution in [0.5, 0.6) is 0 Å². The molecule has 0 saturated carbocycles. The van der Waals surface area contributed by atoms with Crippen molar-refractivity contribution in [1.29, 1.82) is 0 Å². The van der Waals surface area contributed by atoms with Crippen LogP contribution in [0.1, 0.15) is 0 Å². The minimum absolute atomic E-state index is 0.688. The molecule has 0 saturated heterocycles. The van der Waals surface area contributed by atoms with Crippen molar-refractivity contribution in [2.75, 3.05) is 37.2 Å². The molecule has 52 heavy (non-hydrogen) atoms. The largest absolute Gasteiger partial charge is 0.355 e. The minimum atomic E-state index is -1.33. The first-order chi connectivity index (χ1) is 25.7. The highest BCUT2D eigenvalue weighted by molar-refractivity contribution is 5.72. The van der Waals surface area contributed by atoms with Crippen molar-refractivity contribution in [2.24, 2.45) is 0 Å². The molecule has 7 aromatic rings. The average molecular weight is 681 g/mol. The Labute approximate surface area is 306 Å². The topological polar surface area (TPSA) is 84.2 Å². The Balaban J connectivity index is 1.56. The second-order valence-electron chi connectivity index (χ2n) is 12.3. The maximum absolute atomic E-state index is 4.02. The van der Waals surface area contributed by atoms with Crippen molar-refractivity contribution in [3.05, 3.63) is 218 Å². The molecule has 7 heteroatoms. The van der Waals surface area contributed by atoms with E-state index in [0.29, 0.717) is 6.17 Å². The molecule has 0 amide bonds. The van der Waals surface area contributed by atoms with Gasteiger partial charge in [-0.25, -0.2) is 0 Å². The summed E-state index contributed by atoms with van der Waals surface area (Å²) in [4.78, 5) is 0. The van der Waals surface area contributed by atoms with E-state index in [-0.39, 0.29) is 0 Å². The molecule has 0 atom stereocenters. The fourth-order valence-corrected chi connectivity index (χ4v) is 6.15. The predicted molar refractivity (Wildman–Crippen MR) is 219 cm³/mol. The smallest absolute Gasteiger partial charge is 0.233 e. The molecule has 7 rings (SSSR count). The first-order valence-corrected chi connectivity index (χ1v) is 17.4. The highest BCUT2D eigenvalue weighted by Crippen LogP contribution is 2.41. The lowest BCUT2D eigenvalue weighted by molar-refractivity contribution is 0.391. The van der Waals surface area contributed by atoms with Crippen LogP contribution in [-0.4, -0.2) is 11.4 Å². The molecular formula is C45H42N7. The number of hydrogen-bond acceptors (Lipinski definition) is 7. The molecule has 0 aliphatic carbocycles. The Morgan fingerprint density at radius 3 is 0.712 bits per heavy atom. The molecule has 257 valence electrons. The van der Waals surface area contributed by atoms with E-state index in [2.05, 4.69) is 122 Å². The molecule has 0 spiro atoms. The van der Waals surface area contributed by atoms with E-state index in [1.54, 1.807) is 0 Å². The van der Waals surface area contributed by atoms with Gasteiger partial charge < -0.3 is 37.2 Å². The normalized spacial score (nSPS) is 11.2. The Kier molecular flexibility index (Phi) is 10.5. The molecule has 0 unspecified atom stereocenters. The van der Waals surface area contributed by atoms with Crippen LogP contribution >= 0.6 is 0 Å². The fraction of sp³-hybridized carbons (Fsp3) is 0.0444. The molecule has 1 radical (unpaired) electrons. The van der Waals surface area contributed by atoms with E-state index in [0.717, 1.165) is 39.8 Å². The van der Waals surface area contributed by atoms with Gasteiger partial charge in [-0.2, -0.15) is 0 Å². The second kappa shape index (κ2) is 16.2. The van der Waals surface area contributed by atoms with Crippen molar-refractivity contribution in [3.63, 3.8) is 0 Å². The summed E-state index contributed by atoms with van der Waals surface area (Å²) in [6.45, 7) is 0. The van der Waals surface area contributed by atoms with Gasteiger partial charge >= 0.3 is 0 Å². The van der Waals surface area contributed by atoms with E-state index in [1.807, 2.05) is 127 Å². The Morgan fingerprint density at radius 2 is 0.462 bits per heavy atom. The van der Waals surface area contributed by atoms with Gasteiger partial charge in [0.1, 0.15) is 0 Å². The highest BCUT2D eigenvalue weighted by Gasteiger charge is 2.60. The lowest BCUT2D eigenvalue weighted by Crippen LogP contribution is -2.79. The molecule has 0 aliphatic rings. The summed E-state index contributed by atoms with van der Waals surface area (Å²) in [5.41, 5.74) is 4.83. The van der Waals surface area contributed by atoms with Crippen molar-refractivity contribution in [1.82, 2.24) is 0 Å². The lowest BCUT2D eigenvalue weighted by atomic mass is 9.91. The molecule has 7 nitrogen and oxygen atoms in total. The summed E-state index contributed by atoms with van der Waals surface area (Å²) in [5, 5.41) is 27.6. The van der Waals surface area contributed by atoms with Crippen LogP contribution in [0.15, 0.2) is 212 Å². The van der Waals surface area contributed by atoms with Crippen LogP contribution < -0.4 is 37.2 Å². The van der Waals surface area contributed by atoms with Crippen molar-refractivity contribution in [2.45, 2.75) is 11.4 Å². The molecule has 0 bridgehead atoms. The number of anilines is 7. The van der Waals surface area contributed by atoms with Gasteiger partial charge in [-0.3, -0.25) is 0 Å². The maximum atomic E-state index is 4.02. The molecule has 7 N–H and O–H groups in total. The van der Waals surface area contributed by atoms with Crippen LogP contribution in [0.2, 0.25) is 0 Å². The zero-order valence-electron chi connectivity index (χ0n) is 28.7. The molecule has 0 aromatic heterocycles. The van der Waals surface area contributed by atoms with Gasteiger partial charge in [-0.15, -0.1) is 0 Å². The third-order valence-electron chi connectivity index (χ3n) is 8.55. The van der Waals surface area contributed by atoms with E-state index in [1.165, 1.54) is 0 Å². The Morgan fingerprint density at radius 1 is 0.250 bits per heavy atom. The van der Waals surface area contributed by atoms with Gasteiger partial charge in [0, 0.05) is 39.8 Å². The van der Waals surface area contributed by atoms with Crippen molar-refractivity contribution >= 4 is 39.8 Å². The SMILES string of the molecule is c1ccc(N[C](Nc2ccccc2)C(Nc2ccccc2)(Nc2ccccc2)C(Nc2ccccc2)(Nc2ccccc2)Nc2ccccc2)cc1. The zero-order chi connectivity index (χ0) is 35.3. The third-order valence-corrected chi connectivity index (χ3v) is 8.55. The number of nitrogens with one attached hydrogen (secondary N) is 7. The van der Waals surface area contributed by atoms with E-state index in [4.69, 9.17) is 0 Å². The van der Waals surface area contributed by atoms with Crippen LogP contribution in [0, 0.1) is 6.17 Å². The number of hydrogen-bond donors (Lipinski definition) is 7. The number of benzene rings is 7.